The number of halogens is 2. The van der Waals surface area contributed by atoms with Gasteiger partial charge in [0.25, 0.3) is 5.56 Å². The molecule has 3 heterocycles. The molecule has 0 radical (unpaired) electrons. The standard InChI is InChI=1S/C23H26F2N4O2S/c24-18-4-1-15(11-19(18)25)13-26-16-2-3-17-20(12-16)32-22-21(17)23(30)29(14-27-22)6-5-28-7-9-31-10-8-28/h1,4,11,14,16,26H,2-3,5-10,12-13H2. The molecule has 2 aliphatic rings. The molecule has 170 valence electrons. The van der Waals surface area contributed by atoms with Crippen molar-refractivity contribution in [1.82, 2.24) is 19.8 Å². The molecule has 2 aromatic heterocycles. The highest BCUT2D eigenvalue weighted by Crippen LogP contribution is 2.33. The van der Waals surface area contributed by atoms with Crippen molar-refractivity contribution in [2.75, 3.05) is 32.8 Å². The van der Waals surface area contributed by atoms with Crippen LogP contribution in [0, 0.1) is 11.6 Å². The molecule has 1 N–H and O–H groups in total. The Labute approximate surface area is 188 Å². The first-order chi connectivity index (χ1) is 15.6. The van der Waals surface area contributed by atoms with Crippen molar-refractivity contribution in [2.45, 2.75) is 38.4 Å². The Morgan fingerprint density at radius 1 is 1.19 bits per heavy atom. The lowest BCUT2D eigenvalue weighted by molar-refractivity contribution is 0.0362. The van der Waals surface area contributed by atoms with Gasteiger partial charge in [0.15, 0.2) is 11.6 Å². The molecule has 1 aromatic carbocycles. The fraction of sp³-hybridized carbons (Fsp3) is 0.478. The van der Waals surface area contributed by atoms with Crippen LogP contribution in [0.5, 0.6) is 0 Å². The average molecular weight is 461 g/mol. The zero-order valence-corrected chi connectivity index (χ0v) is 18.6. The van der Waals surface area contributed by atoms with Crippen LogP contribution in [-0.4, -0.2) is 53.3 Å². The maximum Gasteiger partial charge on any atom is 0.262 e. The number of aromatic nitrogens is 2. The second kappa shape index (κ2) is 9.35. The van der Waals surface area contributed by atoms with Gasteiger partial charge in [-0.3, -0.25) is 14.3 Å². The first kappa shape index (κ1) is 21.6. The second-order valence-electron chi connectivity index (χ2n) is 8.45. The summed E-state index contributed by atoms with van der Waals surface area (Å²) in [4.78, 5) is 22.1. The van der Waals surface area contributed by atoms with Gasteiger partial charge in [-0.05, 0) is 42.5 Å². The normalized spacial score (nSPS) is 19.4. The SMILES string of the molecule is O=c1c2c3c(sc2ncn1CCN1CCOCC1)CC(NCc1ccc(F)c(F)c1)CC3. The Balaban J connectivity index is 1.27. The summed E-state index contributed by atoms with van der Waals surface area (Å²) in [5, 5.41) is 4.22. The second-order valence-corrected chi connectivity index (χ2v) is 9.53. The van der Waals surface area contributed by atoms with Gasteiger partial charge in [0, 0.05) is 43.6 Å². The summed E-state index contributed by atoms with van der Waals surface area (Å²) in [5.41, 5.74) is 1.90. The zero-order chi connectivity index (χ0) is 22.1. The molecule has 1 fully saturated rings. The minimum atomic E-state index is -0.829. The van der Waals surface area contributed by atoms with Crippen molar-refractivity contribution >= 4 is 21.6 Å². The summed E-state index contributed by atoms with van der Waals surface area (Å²) in [6.45, 7) is 5.22. The highest BCUT2D eigenvalue weighted by Gasteiger charge is 2.25. The quantitative estimate of drug-likeness (QED) is 0.613. The van der Waals surface area contributed by atoms with Crippen LogP contribution in [0.15, 0.2) is 29.3 Å². The molecular formula is C23H26F2N4O2S. The van der Waals surface area contributed by atoms with E-state index in [1.54, 1.807) is 28.3 Å². The van der Waals surface area contributed by atoms with E-state index in [4.69, 9.17) is 4.74 Å². The van der Waals surface area contributed by atoms with Crippen LogP contribution >= 0.6 is 11.3 Å². The Morgan fingerprint density at radius 3 is 2.84 bits per heavy atom. The molecule has 1 aliphatic heterocycles. The molecule has 3 aromatic rings. The van der Waals surface area contributed by atoms with Crippen molar-refractivity contribution in [3.8, 4) is 0 Å². The first-order valence-electron chi connectivity index (χ1n) is 11.1. The van der Waals surface area contributed by atoms with Gasteiger partial charge in [0.2, 0.25) is 0 Å². The lowest BCUT2D eigenvalue weighted by atomic mass is 9.93. The molecule has 1 unspecified atom stereocenters. The van der Waals surface area contributed by atoms with Crippen LogP contribution in [0.4, 0.5) is 8.78 Å². The molecule has 0 amide bonds. The van der Waals surface area contributed by atoms with Crippen LogP contribution in [0.3, 0.4) is 0 Å². The Hall–Kier alpha value is -2.20. The minimum Gasteiger partial charge on any atom is -0.379 e. The number of benzene rings is 1. The predicted molar refractivity (Wildman–Crippen MR) is 120 cm³/mol. The van der Waals surface area contributed by atoms with Gasteiger partial charge in [-0.15, -0.1) is 11.3 Å². The van der Waals surface area contributed by atoms with Gasteiger partial charge >= 0.3 is 0 Å². The topological polar surface area (TPSA) is 59.4 Å². The molecule has 1 aliphatic carbocycles. The third-order valence-corrected chi connectivity index (χ3v) is 7.54. The number of morpholine rings is 1. The van der Waals surface area contributed by atoms with Gasteiger partial charge in [-0.1, -0.05) is 6.07 Å². The van der Waals surface area contributed by atoms with Gasteiger partial charge < -0.3 is 10.1 Å². The molecule has 5 rings (SSSR count). The highest BCUT2D eigenvalue weighted by molar-refractivity contribution is 7.18. The van der Waals surface area contributed by atoms with E-state index in [1.807, 2.05) is 0 Å². The van der Waals surface area contributed by atoms with Crippen molar-refractivity contribution in [1.29, 1.82) is 0 Å². The maximum absolute atomic E-state index is 13.4. The molecule has 0 bridgehead atoms. The lowest BCUT2D eigenvalue weighted by Gasteiger charge is -2.26. The number of hydrogen-bond donors (Lipinski definition) is 1. The summed E-state index contributed by atoms with van der Waals surface area (Å²) in [6, 6.07) is 4.22. The fourth-order valence-corrected chi connectivity index (χ4v) is 5.78. The van der Waals surface area contributed by atoms with E-state index >= 15 is 0 Å². The molecule has 1 atom stereocenters. The van der Waals surface area contributed by atoms with Crippen molar-refractivity contribution in [2.24, 2.45) is 0 Å². The van der Waals surface area contributed by atoms with Crippen molar-refractivity contribution < 1.29 is 13.5 Å². The van der Waals surface area contributed by atoms with Gasteiger partial charge in [-0.2, -0.15) is 0 Å². The molecular weight excluding hydrogens is 434 g/mol. The van der Waals surface area contributed by atoms with Gasteiger partial charge in [0.1, 0.15) is 4.83 Å². The molecule has 0 spiro atoms. The number of aryl methyl sites for hydroxylation is 1. The Morgan fingerprint density at radius 2 is 2.03 bits per heavy atom. The van der Waals surface area contributed by atoms with Crippen LogP contribution < -0.4 is 10.9 Å². The van der Waals surface area contributed by atoms with Crippen molar-refractivity contribution in [3.05, 3.63) is 62.5 Å². The smallest absolute Gasteiger partial charge is 0.262 e. The molecule has 9 heteroatoms. The Bertz CT molecular complexity index is 1170. The summed E-state index contributed by atoms with van der Waals surface area (Å²) in [5.74, 6) is -1.65. The minimum absolute atomic E-state index is 0.0500. The molecule has 6 nitrogen and oxygen atoms in total. The number of ether oxygens (including phenoxy) is 1. The fourth-order valence-electron chi connectivity index (χ4n) is 4.52. The highest BCUT2D eigenvalue weighted by atomic mass is 32.1. The average Bonchev–Trinajstić information content (AvgIpc) is 3.18. The van der Waals surface area contributed by atoms with Crippen LogP contribution in [-0.2, 0) is 30.7 Å². The van der Waals surface area contributed by atoms with Gasteiger partial charge in [-0.25, -0.2) is 13.8 Å². The number of fused-ring (bicyclic) bond motifs is 3. The number of hydrogen-bond acceptors (Lipinski definition) is 6. The van der Waals surface area contributed by atoms with E-state index in [0.717, 1.165) is 79.5 Å². The summed E-state index contributed by atoms with van der Waals surface area (Å²) in [6.07, 6.45) is 4.19. The van der Waals surface area contributed by atoms with E-state index < -0.39 is 11.6 Å². The van der Waals surface area contributed by atoms with Crippen LogP contribution in [0.25, 0.3) is 10.2 Å². The molecule has 1 saturated heterocycles. The third-order valence-electron chi connectivity index (χ3n) is 6.38. The van der Waals surface area contributed by atoms with Crippen LogP contribution in [0.1, 0.15) is 22.4 Å². The van der Waals surface area contributed by atoms with E-state index in [1.165, 1.54) is 10.9 Å². The lowest BCUT2D eigenvalue weighted by Crippen LogP contribution is -2.39. The maximum atomic E-state index is 13.4. The summed E-state index contributed by atoms with van der Waals surface area (Å²) in [7, 11) is 0. The predicted octanol–water partition coefficient (Wildman–Crippen LogP) is 2.72. The molecule has 0 saturated carbocycles. The third kappa shape index (κ3) is 4.47. The summed E-state index contributed by atoms with van der Waals surface area (Å²) >= 11 is 1.60. The molecule has 32 heavy (non-hydrogen) atoms. The number of nitrogens with one attached hydrogen (secondary N) is 1. The van der Waals surface area contributed by atoms with Crippen molar-refractivity contribution in [3.63, 3.8) is 0 Å². The Kier molecular flexibility index (Phi) is 6.32. The van der Waals surface area contributed by atoms with E-state index in [2.05, 4.69) is 15.2 Å². The largest absolute Gasteiger partial charge is 0.379 e. The summed E-state index contributed by atoms with van der Waals surface area (Å²) < 4.78 is 33.7. The number of rotatable bonds is 6. The monoisotopic (exact) mass is 460 g/mol. The number of thiophene rings is 1. The number of nitrogens with zero attached hydrogens (tertiary/aromatic N) is 3. The van der Waals surface area contributed by atoms with E-state index in [9.17, 15) is 13.6 Å². The van der Waals surface area contributed by atoms with E-state index in [0.29, 0.717) is 13.1 Å². The van der Waals surface area contributed by atoms with E-state index in [-0.39, 0.29) is 11.6 Å². The van der Waals surface area contributed by atoms with Crippen LogP contribution in [0.2, 0.25) is 0 Å². The van der Waals surface area contributed by atoms with Gasteiger partial charge in [0.05, 0.1) is 24.9 Å². The first-order valence-corrected chi connectivity index (χ1v) is 11.9. The zero-order valence-electron chi connectivity index (χ0n) is 17.8.